The van der Waals surface area contributed by atoms with Gasteiger partial charge in [0.25, 0.3) is 0 Å². The van der Waals surface area contributed by atoms with E-state index in [0.717, 1.165) is 24.2 Å². The molecule has 0 aliphatic heterocycles. The van der Waals surface area contributed by atoms with E-state index in [1.165, 1.54) is 28.5 Å². The van der Waals surface area contributed by atoms with Crippen LogP contribution in [0.15, 0.2) is 29.1 Å². The SMILES string of the molecule is COc1ccc(-c2nn(CCNC(=O)NC3CCCCC3)c(=O)n2C)cc1. The standard InChI is InChI=1S/C19H27N5O3/c1-23-17(14-8-10-16(27-2)11-9-14)22-24(19(23)26)13-12-20-18(25)21-15-6-4-3-5-7-15/h8-11,15H,3-7,12-13H2,1-2H3,(H2,20,21,25). The van der Waals surface area contributed by atoms with E-state index in [2.05, 4.69) is 15.7 Å². The summed E-state index contributed by atoms with van der Waals surface area (Å²) in [5, 5.41) is 10.2. The lowest BCUT2D eigenvalue weighted by Crippen LogP contribution is -2.44. The fourth-order valence-electron chi connectivity index (χ4n) is 3.38. The van der Waals surface area contributed by atoms with E-state index in [1.54, 1.807) is 14.2 Å². The fourth-order valence-corrected chi connectivity index (χ4v) is 3.38. The van der Waals surface area contributed by atoms with Crippen molar-refractivity contribution in [1.82, 2.24) is 25.0 Å². The monoisotopic (exact) mass is 373 g/mol. The minimum Gasteiger partial charge on any atom is -0.497 e. The maximum Gasteiger partial charge on any atom is 0.345 e. The Morgan fingerprint density at radius 2 is 1.93 bits per heavy atom. The Balaban J connectivity index is 1.57. The quantitative estimate of drug-likeness (QED) is 0.809. The molecule has 1 aliphatic rings. The first kappa shape index (κ1) is 19.0. The van der Waals surface area contributed by atoms with Crippen molar-refractivity contribution in [3.8, 4) is 17.1 Å². The van der Waals surface area contributed by atoms with Gasteiger partial charge in [-0.3, -0.25) is 4.57 Å². The van der Waals surface area contributed by atoms with Crippen LogP contribution in [0.1, 0.15) is 32.1 Å². The summed E-state index contributed by atoms with van der Waals surface area (Å²) in [6, 6.07) is 7.47. The molecule has 1 fully saturated rings. The number of hydrogen-bond acceptors (Lipinski definition) is 4. The van der Waals surface area contributed by atoms with Crippen LogP contribution in [0, 0.1) is 0 Å². The lowest BCUT2D eigenvalue weighted by molar-refractivity contribution is 0.232. The van der Waals surface area contributed by atoms with E-state index in [0.29, 0.717) is 18.9 Å². The van der Waals surface area contributed by atoms with Gasteiger partial charge in [0, 0.05) is 25.2 Å². The van der Waals surface area contributed by atoms with Crippen molar-refractivity contribution in [2.24, 2.45) is 7.05 Å². The number of nitrogens with zero attached hydrogens (tertiary/aromatic N) is 3. The minimum absolute atomic E-state index is 0.179. The maximum atomic E-state index is 12.4. The Bertz CT molecular complexity index is 819. The third-order valence-electron chi connectivity index (χ3n) is 4.94. The Kier molecular flexibility index (Phi) is 6.16. The first-order valence-corrected chi connectivity index (χ1v) is 9.41. The van der Waals surface area contributed by atoms with E-state index >= 15 is 0 Å². The summed E-state index contributed by atoms with van der Waals surface area (Å²) in [6.45, 7) is 0.665. The number of ether oxygens (including phenoxy) is 1. The molecule has 8 nitrogen and oxygen atoms in total. The van der Waals surface area contributed by atoms with Gasteiger partial charge in [-0.25, -0.2) is 14.3 Å². The molecule has 1 heterocycles. The molecule has 146 valence electrons. The van der Waals surface area contributed by atoms with E-state index in [-0.39, 0.29) is 17.8 Å². The number of carbonyl (C=O) groups excluding carboxylic acids is 1. The van der Waals surface area contributed by atoms with Gasteiger partial charge in [0.1, 0.15) is 5.75 Å². The van der Waals surface area contributed by atoms with Crippen LogP contribution in [0.2, 0.25) is 0 Å². The molecule has 0 saturated heterocycles. The number of benzene rings is 1. The highest BCUT2D eigenvalue weighted by molar-refractivity contribution is 5.74. The minimum atomic E-state index is -0.213. The molecule has 1 aromatic heterocycles. The van der Waals surface area contributed by atoms with E-state index in [1.807, 2.05) is 24.3 Å². The Labute approximate surface area is 158 Å². The third kappa shape index (κ3) is 4.69. The van der Waals surface area contributed by atoms with Crippen LogP contribution in [-0.4, -0.2) is 40.1 Å². The number of rotatable bonds is 6. The smallest absolute Gasteiger partial charge is 0.345 e. The van der Waals surface area contributed by atoms with Gasteiger partial charge in [0.15, 0.2) is 5.82 Å². The first-order chi connectivity index (χ1) is 13.1. The zero-order valence-electron chi connectivity index (χ0n) is 15.9. The van der Waals surface area contributed by atoms with Crippen molar-refractivity contribution in [1.29, 1.82) is 0 Å². The van der Waals surface area contributed by atoms with Gasteiger partial charge in [0.2, 0.25) is 0 Å². The average Bonchev–Trinajstić information content (AvgIpc) is 2.97. The van der Waals surface area contributed by atoms with Gasteiger partial charge in [-0.05, 0) is 37.1 Å². The van der Waals surface area contributed by atoms with Crippen LogP contribution in [-0.2, 0) is 13.6 Å². The summed E-state index contributed by atoms with van der Waals surface area (Å²) in [5.41, 5.74) is 0.618. The second-order valence-electron chi connectivity index (χ2n) is 6.85. The molecular weight excluding hydrogens is 346 g/mol. The van der Waals surface area contributed by atoms with Crippen LogP contribution in [0.5, 0.6) is 5.75 Å². The number of nitrogens with one attached hydrogen (secondary N) is 2. The second-order valence-corrected chi connectivity index (χ2v) is 6.85. The molecular formula is C19H27N5O3. The first-order valence-electron chi connectivity index (χ1n) is 9.41. The summed E-state index contributed by atoms with van der Waals surface area (Å²) in [6.07, 6.45) is 5.67. The summed E-state index contributed by atoms with van der Waals surface area (Å²) >= 11 is 0. The van der Waals surface area contributed by atoms with Crippen molar-refractivity contribution in [2.75, 3.05) is 13.7 Å². The van der Waals surface area contributed by atoms with Crippen LogP contribution in [0.3, 0.4) is 0 Å². The zero-order valence-corrected chi connectivity index (χ0v) is 15.9. The number of methoxy groups -OCH3 is 1. The third-order valence-corrected chi connectivity index (χ3v) is 4.94. The van der Waals surface area contributed by atoms with Gasteiger partial charge in [-0.1, -0.05) is 19.3 Å². The molecule has 2 aromatic rings. The van der Waals surface area contributed by atoms with Gasteiger partial charge in [-0.15, -0.1) is 5.10 Å². The molecule has 0 spiro atoms. The van der Waals surface area contributed by atoms with Crippen LogP contribution in [0.4, 0.5) is 4.79 Å². The van der Waals surface area contributed by atoms with Crippen molar-refractivity contribution in [3.05, 3.63) is 34.7 Å². The lowest BCUT2D eigenvalue weighted by atomic mass is 9.96. The van der Waals surface area contributed by atoms with Gasteiger partial charge >= 0.3 is 11.7 Å². The second kappa shape index (κ2) is 8.75. The van der Waals surface area contributed by atoms with Crippen LogP contribution >= 0.6 is 0 Å². The predicted molar refractivity (Wildman–Crippen MR) is 103 cm³/mol. The molecule has 8 heteroatoms. The number of aromatic nitrogens is 3. The summed E-state index contributed by atoms with van der Waals surface area (Å²) in [4.78, 5) is 24.4. The predicted octanol–water partition coefficient (Wildman–Crippen LogP) is 1.89. The molecule has 1 saturated carbocycles. The number of carbonyl (C=O) groups is 1. The van der Waals surface area contributed by atoms with Gasteiger partial charge < -0.3 is 15.4 Å². The molecule has 0 radical (unpaired) electrons. The van der Waals surface area contributed by atoms with Crippen molar-refractivity contribution in [3.63, 3.8) is 0 Å². The molecule has 2 N–H and O–H groups in total. The molecule has 0 atom stereocenters. The van der Waals surface area contributed by atoms with Crippen molar-refractivity contribution < 1.29 is 9.53 Å². The maximum absolute atomic E-state index is 12.4. The van der Waals surface area contributed by atoms with E-state index < -0.39 is 0 Å². The van der Waals surface area contributed by atoms with Crippen molar-refractivity contribution in [2.45, 2.75) is 44.7 Å². The van der Waals surface area contributed by atoms with E-state index in [9.17, 15) is 9.59 Å². The molecule has 0 bridgehead atoms. The largest absolute Gasteiger partial charge is 0.497 e. The fraction of sp³-hybridized carbons (Fsp3) is 0.526. The summed E-state index contributed by atoms with van der Waals surface area (Å²) < 4.78 is 8.03. The van der Waals surface area contributed by atoms with E-state index in [4.69, 9.17) is 4.74 Å². The van der Waals surface area contributed by atoms with Gasteiger partial charge in [-0.2, -0.15) is 0 Å². The highest BCUT2D eigenvalue weighted by Crippen LogP contribution is 2.19. The van der Waals surface area contributed by atoms with Gasteiger partial charge in [0.05, 0.1) is 13.7 Å². The summed E-state index contributed by atoms with van der Waals surface area (Å²) in [5.74, 6) is 1.32. The number of urea groups is 1. The topological polar surface area (TPSA) is 90.2 Å². The molecule has 2 amide bonds. The number of hydrogen-bond donors (Lipinski definition) is 2. The Morgan fingerprint density at radius 1 is 1.22 bits per heavy atom. The van der Waals surface area contributed by atoms with Crippen LogP contribution < -0.4 is 21.1 Å². The summed E-state index contributed by atoms with van der Waals surface area (Å²) in [7, 11) is 3.30. The highest BCUT2D eigenvalue weighted by atomic mass is 16.5. The van der Waals surface area contributed by atoms with Crippen LogP contribution in [0.25, 0.3) is 11.4 Å². The molecule has 1 aliphatic carbocycles. The molecule has 0 unspecified atom stereocenters. The average molecular weight is 373 g/mol. The molecule has 1 aromatic carbocycles. The Morgan fingerprint density at radius 3 is 2.59 bits per heavy atom. The normalized spacial score (nSPS) is 14.7. The zero-order chi connectivity index (χ0) is 19.2. The number of amides is 2. The van der Waals surface area contributed by atoms with Crippen molar-refractivity contribution >= 4 is 6.03 Å². The molecule has 27 heavy (non-hydrogen) atoms. The lowest BCUT2D eigenvalue weighted by Gasteiger charge is -2.22. The molecule has 3 rings (SSSR count). The highest BCUT2D eigenvalue weighted by Gasteiger charge is 2.16. The Hall–Kier alpha value is -2.77.